The predicted molar refractivity (Wildman–Crippen MR) is 161 cm³/mol. The van der Waals surface area contributed by atoms with Crippen LogP contribution in [0.15, 0.2) is 24.3 Å². The van der Waals surface area contributed by atoms with Crippen molar-refractivity contribution < 1.29 is 42.7 Å². The van der Waals surface area contributed by atoms with E-state index in [0.29, 0.717) is 19.3 Å². The Bertz CT molecular complexity index is 788. The van der Waals surface area contributed by atoms with Crippen LogP contribution in [0.5, 0.6) is 0 Å². The first-order valence-corrected chi connectivity index (χ1v) is 17.1. The fourth-order valence-electron chi connectivity index (χ4n) is 4.06. The van der Waals surface area contributed by atoms with Crippen LogP contribution in [0.25, 0.3) is 0 Å². The molecule has 2 N–H and O–H groups in total. The van der Waals surface area contributed by atoms with Crippen molar-refractivity contribution in [3.05, 3.63) is 24.3 Å². The molecule has 0 bridgehead atoms. The monoisotopic (exact) mass is 602 g/mol. The Labute approximate surface area is 247 Å². The number of hydrogen-bond donors (Lipinski definition) is 2. The first-order chi connectivity index (χ1) is 19.7. The van der Waals surface area contributed by atoms with Crippen LogP contribution < -0.4 is 0 Å². The van der Waals surface area contributed by atoms with Crippen LogP contribution in [0.1, 0.15) is 136 Å². The molecule has 0 aromatic heterocycles. The number of hydrogen-bond acceptors (Lipinski definition) is 7. The zero-order valence-corrected chi connectivity index (χ0v) is 26.3. The molecule has 0 aliphatic rings. The third-order valence-electron chi connectivity index (χ3n) is 6.45. The van der Waals surface area contributed by atoms with E-state index in [1.54, 1.807) is 12.2 Å². The van der Waals surface area contributed by atoms with E-state index in [1.165, 1.54) is 19.3 Å². The summed E-state index contributed by atoms with van der Waals surface area (Å²) in [5.41, 5.74) is 0. The highest BCUT2D eigenvalue weighted by molar-refractivity contribution is 7.46. The van der Waals surface area contributed by atoms with Gasteiger partial charge in [-0.2, -0.15) is 0 Å². The van der Waals surface area contributed by atoms with Gasteiger partial charge >= 0.3 is 19.8 Å². The summed E-state index contributed by atoms with van der Waals surface area (Å²) >= 11 is 0. The highest BCUT2D eigenvalue weighted by atomic mass is 31.2. The number of unbranched alkanes of at least 4 members (excludes halogenated alkanes) is 13. The van der Waals surface area contributed by atoms with Crippen molar-refractivity contribution in [2.45, 2.75) is 142 Å². The maximum absolute atomic E-state index is 12.2. The Morgan fingerprint density at radius 3 is 1.85 bits per heavy atom. The number of phosphoric ester groups is 1. The Morgan fingerprint density at radius 1 is 0.683 bits per heavy atom. The number of allylic oxidation sites excluding steroid dienone is 4. The molecule has 0 amide bonds. The molecule has 0 saturated heterocycles. The van der Waals surface area contributed by atoms with Gasteiger partial charge in [0.25, 0.3) is 0 Å². The van der Waals surface area contributed by atoms with Crippen molar-refractivity contribution >= 4 is 25.5 Å². The molecule has 0 fully saturated rings. The Hall–Kier alpha value is -1.80. The van der Waals surface area contributed by atoms with Crippen molar-refractivity contribution in [2.24, 2.45) is 0 Å². The fourth-order valence-corrected chi connectivity index (χ4v) is 4.42. The molecule has 238 valence electrons. The van der Waals surface area contributed by atoms with Gasteiger partial charge in [0.2, 0.25) is 0 Å². The number of carbonyl (C=O) groups excluding carboxylic acids is 3. The van der Waals surface area contributed by atoms with E-state index in [0.717, 1.165) is 70.6 Å². The fraction of sp³-hybridized carbons (Fsp3) is 0.774. The topological polar surface area (TPSA) is 136 Å². The zero-order valence-electron chi connectivity index (χ0n) is 25.4. The molecule has 0 aromatic carbocycles. The Kier molecular flexibility index (Phi) is 25.9. The molecule has 0 radical (unpaired) electrons. The molecule has 0 spiro atoms. The van der Waals surface area contributed by atoms with Crippen LogP contribution in [0.4, 0.5) is 0 Å². The summed E-state index contributed by atoms with van der Waals surface area (Å²) in [6, 6.07) is 0. The standard InChI is InChI=1S/C31H55O9P/c1-3-5-7-8-12-16-20-24-30(33)38-26-29(27-39-41(35,36)37)40-31(34)25-21-17-14-11-9-10-13-15-19-23-28(32)22-18-6-4-2/h13,15,19,23,29H,3-12,14,16-18,20-22,24-27H2,1-2H3,(H2,35,36,37)/b15-13-,23-19+/t29-/m1/s1. The minimum absolute atomic E-state index is 0.162. The van der Waals surface area contributed by atoms with Gasteiger partial charge in [-0.3, -0.25) is 18.9 Å². The van der Waals surface area contributed by atoms with Gasteiger partial charge in [0.1, 0.15) is 6.61 Å². The Morgan fingerprint density at radius 2 is 1.22 bits per heavy atom. The van der Waals surface area contributed by atoms with Crippen LogP contribution in [-0.4, -0.2) is 46.8 Å². The van der Waals surface area contributed by atoms with E-state index in [-0.39, 0.29) is 25.2 Å². The summed E-state index contributed by atoms with van der Waals surface area (Å²) < 4.78 is 26.0. The molecule has 0 aromatic rings. The zero-order chi connectivity index (χ0) is 30.6. The summed E-state index contributed by atoms with van der Waals surface area (Å²) in [6.07, 6.45) is 23.4. The molecule has 0 heterocycles. The SMILES string of the molecule is CCCCCCCCCC(=O)OC[C@H](COP(=O)(O)O)OC(=O)CCCCCCC/C=C\C=C\C(=O)CCCCC. The molecule has 0 unspecified atom stereocenters. The van der Waals surface area contributed by atoms with Gasteiger partial charge in [-0.1, -0.05) is 103 Å². The average molecular weight is 603 g/mol. The molecule has 9 nitrogen and oxygen atoms in total. The highest BCUT2D eigenvalue weighted by Crippen LogP contribution is 2.35. The highest BCUT2D eigenvalue weighted by Gasteiger charge is 2.22. The third-order valence-corrected chi connectivity index (χ3v) is 6.93. The van der Waals surface area contributed by atoms with E-state index in [4.69, 9.17) is 19.3 Å². The van der Waals surface area contributed by atoms with Gasteiger partial charge in [-0.25, -0.2) is 4.57 Å². The lowest BCUT2D eigenvalue weighted by molar-refractivity contribution is -0.161. The molecule has 10 heteroatoms. The third kappa shape index (κ3) is 29.5. The molecule has 0 aliphatic carbocycles. The maximum Gasteiger partial charge on any atom is 0.469 e. The predicted octanol–water partition coefficient (Wildman–Crippen LogP) is 7.68. The lowest BCUT2D eigenvalue weighted by Gasteiger charge is -2.18. The minimum atomic E-state index is -4.76. The van der Waals surface area contributed by atoms with Crippen LogP contribution in [0.3, 0.4) is 0 Å². The quantitative estimate of drug-likeness (QED) is 0.0304. The lowest BCUT2D eigenvalue weighted by atomic mass is 10.1. The van der Waals surface area contributed by atoms with Crippen LogP contribution in [0, 0.1) is 0 Å². The number of phosphoric acid groups is 1. The van der Waals surface area contributed by atoms with Crippen LogP contribution >= 0.6 is 7.82 Å². The summed E-state index contributed by atoms with van der Waals surface area (Å²) in [5.74, 6) is -0.786. The van der Waals surface area contributed by atoms with Crippen molar-refractivity contribution in [1.29, 1.82) is 0 Å². The molecule has 0 saturated carbocycles. The lowest BCUT2D eigenvalue weighted by Crippen LogP contribution is -2.29. The second kappa shape index (κ2) is 27.1. The minimum Gasteiger partial charge on any atom is -0.462 e. The largest absolute Gasteiger partial charge is 0.469 e. The van der Waals surface area contributed by atoms with Gasteiger partial charge in [-0.15, -0.1) is 0 Å². The Balaban J connectivity index is 4.11. The summed E-state index contributed by atoms with van der Waals surface area (Å²) in [5, 5.41) is 0. The van der Waals surface area contributed by atoms with E-state index in [1.807, 2.05) is 6.08 Å². The van der Waals surface area contributed by atoms with E-state index in [2.05, 4.69) is 24.4 Å². The van der Waals surface area contributed by atoms with Crippen molar-refractivity contribution in [2.75, 3.05) is 13.2 Å². The van der Waals surface area contributed by atoms with Gasteiger partial charge in [0.05, 0.1) is 6.61 Å². The molecule has 0 rings (SSSR count). The van der Waals surface area contributed by atoms with Gasteiger partial charge in [-0.05, 0) is 38.2 Å². The summed E-state index contributed by atoms with van der Waals surface area (Å²) in [6.45, 7) is 3.41. The molecular weight excluding hydrogens is 547 g/mol. The second-order valence-electron chi connectivity index (χ2n) is 10.5. The number of rotatable bonds is 28. The first-order valence-electron chi connectivity index (χ1n) is 15.6. The van der Waals surface area contributed by atoms with Gasteiger partial charge in [0, 0.05) is 19.3 Å². The number of esters is 2. The normalized spacial score (nSPS) is 12.7. The number of carbonyl (C=O) groups is 3. The molecule has 1 atom stereocenters. The van der Waals surface area contributed by atoms with E-state index >= 15 is 0 Å². The molecule has 41 heavy (non-hydrogen) atoms. The van der Waals surface area contributed by atoms with E-state index in [9.17, 15) is 18.9 Å². The van der Waals surface area contributed by atoms with Gasteiger partial charge in [0.15, 0.2) is 11.9 Å². The summed E-state index contributed by atoms with van der Waals surface area (Å²) in [7, 11) is -4.76. The number of ether oxygens (including phenoxy) is 2. The smallest absolute Gasteiger partial charge is 0.462 e. The first kappa shape index (κ1) is 39.2. The van der Waals surface area contributed by atoms with Crippen LogP contribution in [0.2, 0.25) is 0 Å². The summed E-state index contributed by atoms with van der Waals surface area (Å²) in [4.78, 5) is 53.9. The molecular formula is C31H55O9P. The maximum atomic E-state index is 12.2. The van der Waals surface area contributed by atoms with Gasteiger partial charge < -0.3 is 19.3 Å². The average Bonchev–Trinajstić information content (AvgIpc) is 2.92. The van der Waals surface area contributed by atoms with Crippen LogP contribution in [-0.2, 0) is 32.9 Å². The second-order valence-corrected chi connectivity index (χ2v) is 11.7. The van der Waals surface area contributed by atoms with E-state index < -0.39 is 32.5 Å². The van der Waals surface area contributed by atoms with Crippen molar-refractivity contribution in [1.82, 2.24) is 0 Å². The number of ketones is 1. The molecule has 0 aliphatic heterocycles. The van der Waals surface area contributed by atoms with Crippen molar-refractivity contribution in [3.63, 3.8) is 0 Å². The van der Waals surface area contributed by atoms with Crippen molar-refractivity contribution in [3.8, 4) is 0 Å².